The minimum atomic E-state index is -0.197. The number of hydrogen-bond acceptors (Lipinski definition) is 3. The summed E-state index contributed by atoms with van der Waals surface area (Å²) < 4.78 is 0. The number of nitrogens with one attached hydrogen (secondary N) is 2. The van der Waals surface area contributed by atoms with Gasteiger partial charge in [0.05, 0.1) is 18.2 Å². The second kappa shape index (κ2) is 2.61. The van der Waals surface area contributed by atoms with Gasteiger partial charge in [0.1, 0.15) is 5.82 Å². The molecular formula is C7H6N4O. The van der Waals surface area contributed by atoms with Crippen molar-refractivity contribution >= 4 is 18.2 Å². The Bertz CT molecular complexity index is 349. The third kappa shape index (κ3) is 1.24. The summed E-state index contributed by atoms with van der Waals surface area (Å²) in [6.45, 7) is 0. The molecule has 0 aromatic carbocycles. The quantitative estimate of drug-likeness (QED) is 0.605. The number of hydrogen-bond donors (Lipinski definition) is 2. The van der Waals surface area contributed by atoms with Crippen LogP contribution in [-0.2, 0) is 4.79 Å². The molecule has 0 saturated carbocycles. The van der Waals surface area contributed by atoms with Crippen LogP contribution in [0.1, 0.15) is 5.69 Å². The molecule has 12 heavy (non-hydrogen) atoms. The Morgan fingerprint density at radius 2 is 2.42 bits per heavy atom. The largest absolute Gasteiger partial charge is 0.351 e. The monoisotopic (exact) mass is 162 g/mol. The van der Waals surface area contributed by atoms with E-state index in [1.165, 1.54) is 6.21 Å². The predicted molar refractivity (Wildman–Crippen MR) is 43.2 cm³/mol. The van der Waals surface area contributed by atoms with Crippen molar-refractivity contribution in [1.29, 1.82) is 0 Å². The fourth-order valence-corrected chi connectivity index (χ4v) is 0.883. The molecule has 0 radical (unpaired) electrons. The molecule has 1 aromatic heterocycles. The van der Waals surface area contributed by atoms with E-state index in [4.69, 9.17) is 0 Å². The first-order chi connectivity index (χ1) is 5.84. The summed E-state index contributed by atoms with van der Waals surface area (Å²) in [5, 5.41) is 2.54. The van der Waals surface area contributed by atoms with Crippen molar-refractivity contribution < 1.29 is 4.79 Å². The second-order valence-corrected chi connectivity index (χ2v) is 2.27. The Labute approximate surface area is 68.2 Å². The molecule has 0 saturated heterocycles. The molecule has 2 rings (SSSR count). The van der Waals surface area contributed by atoms with Crippen LogP contribution in [0.5, 0.6) is 0 Å². The second-order valence-electron chi connectivity index (χ2n) is 2.27. The maximum absolute atomic E-state index is 10.7. The zero-order valence-corrected chi connectivity index (χ0v) is 6.11. The van der Waals surface area contributed by atoms with Crippen LogP contribution in [0.3, 0.4) is 0 Å². The van der Waals surface area contributed by atoms with E-state index in [9.17, 15) is 4.79 Å². The summed E-state index contributed by atoms with van der Waals surface area (Å²) in [4.78, 5) is 21.2. The van der Waals surface area contributed by atoms with Crippen molar-refractivity contribution in [3.05, 3.63) is 24.0 Å². The van der Waals surface area contributed by atoms with E-state index < -0.39 is 0 Å². The Hall–Kier alpha value is -1.91. The Morgan fingerprint density at radius 1 is 1.50 bits per heavy atom. The highest BCUT2D eigenvalue weighted by molar-refractivity contribution is 6.29. The number of H-pyrrole nitrogens is 1. The lowest BCUT2D eigenvalue weighted by Gasteiger charge is -1.90. The third-order valence-corrected chi connectivity index (χ3v) is 1.38. The number of amides is 1. The van der Waals surface area contributed by atoms with Gasteiger partial charge in [0.25, 0.3) is 5.91 Å². The first-order valence-electron chi connectivity index (χ1n) is 3.40. The first-order valence-corrected chi connectivity index (χ1v) is 3.40. The number of rotatable bonds is 1. The molecule has 1 aliphatic rings. The van der Waals surface area contributed by atoms with Crippen LogP contribution in [0, 0.1) is 0 Å². The van der Waals surface area contributed by atoms with Gasteiger partial charge in [0.15, 0.2) is 0 Å². The van der Waals surface area contributed by atoms with Crippen LogP contribution in [0.4, 0.5) is 0 Å². The maximum Gasteiger partial charge on any atom is 0.268 e. The smallest absolute Gasteiger partial charge is 0.268 e. The van der Waals surface area contributed by atoms with E-state index in [1.54, 1.807) is 18.6 Å². The molecule has 5 nitrogen and oxygen atoms in total. The highest BCUT2D eigenvalue weighted by atomic mass is 16.2. The average Bonchev–Trinajstić information content (AvgIpc) is 2.63. The van der Waals surface area contributed by atoms with Gasteiger partial charge in [-0.1, -0.05) is 0 Å². The van der Waals surface area contributed by atoms with Crippen molar-refractivity contribution in [2.24, 2.45) is 4.99 Å². The summed E-state index contributed by atoms with van der Waals surface area (Å²) in [6.07, 6.45) is 6.19. The molecule has 2 heterocycles. The van der Waals surface area contributed by atoms with Gasteiger partial charge in [-0.3, -0.25) is 4.79 Å². The number of aromatic nitrogens is 2. The summed E-state index contributed by atoms with van der Waals surface area (Å²) in [5.74, 6) is 0.323. The van der Waals surface area contributed by atoms with Gasteiger partial charge in [-0.15, -0.1) is 0 Å². The van der Waals surface area contributed by atoms with Crippen LogP contribution < -0.4 is 5.32 Å². The van der Waals surface area contributed by atoms with Crippen LogP contribution >= 0.6 is 0 Å². The lowest BCUT2D eigenvalue weighted by molar-refractivity contribution is -0.113. The van der Waals surface area contributed by atoms with Gasteiger partial charge in [-0.05, 0) is 0 Å². The normalized spacial score (nSPS) is 18.7. The molecule has 1 aliphatic heterocycles. The van der Waals surface area contributed by atoms with Crippen LogP contribution in [-0.4, -0.2) is 22.1 Å². The summed E-state index contributed by atoms with van der Waals surface area (Å²) in [6, 6.07) is 0. The van der Waals surface area contributed by atoms with Gasteiger partial charge in [0.2, 0.25) is 0 Å². The molecule has 0 bridgehead atoms. The molecule has 0 spiro atoms. The topological polar surface area (TPSA) is 70.1 Å². The molecule has 0 unspecified atom stereocenters. The van der Waals surface area contributed by atoms with Crippen LogP contribution in [0.2, 0.25) is 0 Å². The number of nitrogens with zero attached hydrogens (tertiary/aromatic N) is 2. The lowest BCUT2D eigenvalue weighted by atomic mass is 10.4. The third-order valence-electron chi connectivity index (χ3n) is 1.38. The van der Waals surface area contributed by atoms with Gasteiger partial charge in [-0.25, -0.2) is 9.98 Å². The summed E-state index contributed by atoms with van der Waals surface area (Å²) >= 11 is 0. The minimum absolute atomic E-state index is 0.197. The fourth-order valence-electron chi connectivity index (χ4n) is 0.883. The molecule has 2 N–H and O–H groups in total. The van der Waals surface area contributed by atoms with E-state index in [2.05, 4.69) is 20.3 Å². The Kier molecular flexibility index (Phi) is 1.48. The van der Waals surface area contributed by atoms with Gasteiger partial charge < -0.3 is 10.3 Å². The van der Waals surface area contributed by atoms with Crippen LogP contribution in [0.25, 0.3) is 6.08 Å². The predicted octanol–water partition coefficient (Wildman–Crippen LogP) is -0.0913. The molecular weight excluding hydrogens is 156 g/mol. The van der Waals surface area contributed by atoms with Crippen molar-refractivity contribution in [3.63, 3.8) is 0 Å². The summed E-state index contributed by atoms with van der Waals surface area (Å²) in [7, 11) is 0. The number of aliphatic imine (C=N–C) groups is 1. The van der Waals surface area contributed by atoms with Gasteiger partial charge in [0, 0.05) is 12.3 Å². The van der Waals surface area contributed by atoms with E-state index in [0.717, 1.165) is 5.69 Å². The lowest BCUT2D eigenvalue weighted by Crippen LogP contribution is -2.14. The average molecular weight is 162 g/mol. The van der Waals surface area contributed by atoms with Crippen molar-refractivity contribution in [3.8, 4) is 0 Å². The van der Waals surface area contributed by atoms with Crippen LogP contribution in [0.15, 0.2) is 23.3 Å². The van der Waals surface area contributed by atoms with Crippen molar-refractivity contribution in [1.82, 2.24) is 15.3 Å². The molecule has 60 valence electrons. The Balaban J connectivity index is 2.21. The fraction of sp³-hybridized carbons (Fsp3) is 0. The number of aromatic amines is 1. The minimum Gasteiger partial charge on any atom is -0.351 e. The van der Waals surface area contributed by atoms with Crippen molar-refractivity contribution in [2.75, 3.05) is 0 Å². The zero-order chi connectivity index (χ0) is 8.39. The highest BCUT2D eigenvalue weighted by Crippen LogP contribution is 2.03. The van der Waals surface area contributed by atoms with E-state index in [-0.39, 0.29) is 5.91 Å². The number of carbonyl (C=O) groups is 1. The highest BCUT2D eigenvalue weighted by Gasteiger charge is 2.07. The molecule has 5 heteroatoms. The number of imidazole rings is 1. The number of carbonyl (C=O) groups excluding carboxylic acids is 1. The van der Waals surface area contributed by atoms with E-state index in [0.29, 0.717) is 5.82 Å². The molecule has 0 atom stereocenters. The maximum atomic E-state index is 10.7. The zero-order valence-electron chi connectivity index (χ0n) is 6.11. The Morgan fingerprint density at radius 3 is 3.00 bits per heavy atom. The molecule has 0 aliphatic carbocycles. The molecule has 0 fully saturated rings. The van der Waals surface area contributed by atoms with Crippen molar-refractivity contribution in [2.45, 2.75) is 0 Å². The first kappa shape index (κ1) is 6.78. The molecule has 1 amide bonds. The van der Waals surface area contributed by atoms with E-state index >= 15 is 0 Å². The van der Waals surface area contributed by atoms with E-state index in [1.807, 2.05) is 0 Å². The summed E-state index contributed by atoms with van der Waals surface area (Å²) in [5.41, 5.74) is 0.740. The van der Waals surface area contributed by atoms with Gasteiger partial charge >= 0.3 is 0 Å². The molecule has 1 aromatic rings. The standard InChI is InChI=1S/C7H6N4O/c12-7-3-9-6(11-7)1-5-2-8-4-10-5/h1-4H,(H,8,10)(H,11,12). The van der Waals surface area contributed by atoms with Gasteiger partial charge in [-0.2, -0.15) is 0 Å². The SMILES string of the molecule is O=C1C=NC(=Cc2c[nH]cn2)N1.